The smallest absolute Gasteiger partial charge is 0.307 e. The monoisotopic (exact) mass is 288 g/mol. The average molecular weight is 288 g/mol. The molecule has 7 nitrogen and oxygen atoms in total. The van der Waals surface area contributed by atoms with Crippen LogP contribution in [0.15, 0.2) is 4.99 Å². The first-order valence-electron chi connectivity index (χ1n) is 6.19. The lowest BCUT2D eigenvalue weighted by atomic mass is 9.99. The van der Waals surface area contributed by atoms with Gasteiger partial charge in [-0.05, 0) is 13.8 Å². The van der Waals surface area contributed by atoms with Crippen LogP contribution in [0.2, 0.25) is 0 Å². The number of amides is 2. The molecule has 0 bridgehead atoms. The summed E-state index contributed by atoms with van der Waals surface area (Å²) in [7, 11) is -2.11. The molecule has 2 amide bonds. The van der Waals surface area contributed by atoms with E-state index in [0.717, 1.165) is 4.90 Å². The molecule has 106 valence electrons. The van der Waals surface area contributed by atoms with E-state index in [2.05, 4.69) is 4.99 Å². The lowest BCUT2D eigenvalue weighted by Crippen LogP contribution is -2.30. The molecule has 1 saturated heterocycles. The highest BCUT2D eigenvalue weighted by Crippen LogP contribution is 2.59. The molecule has 0 aliphatic carbocycles. The molecule has 0 aromatic rings. The molecule has 2 rings (SSSR count). The quantitative estimate of drug-likeness (QED) is 0.554. The van der Waals surface area contributed by atoms with Crippen molar-refractivity contribution in [2.45, 2.75) is 19.6 Å². The second-order valence-corrected chi connectivity index (χ2v) is 6.50. The first-order valence-corrected chi connectivity index (χ1v) is 7.81. The summed E-state index contributed by atoms with van der Waals surface area (Å²) in [5.41, 5.74) is 0. The summed E-state index contributed by atoms with van der Waals surface area (Å²) in [6, 6.07) is 0. The lowest BCUT2D eigenvalue weighted by molar-refractivity contribution is -0.138. The number of carbonyl (C=O) groups excluding carboxylic acids is 2. The van der Waals surface area contributed by atoms with Crippen molar-refractivity contribution in [3.05, 3.63) is 0 Å². The molecule has 0 aromatic carbocycles. The Morgan fingerprint density at radius 3 is 2.37 bits per heavy atom. The van der Waals surface area contributed by atoms with Gasteiger partial charge >= 0.3 is 7.60 Å². The lowest BCUT2D eigenvalue weighted by Gasteiger charge is -2.24. The Labute approximate surface area is 111 Å². The van der Waals surface area contributed by atoms with Gasteiger partial charge in [-0.1, -0.05) is 0 Å². The Bertz CT molecular complexity index is 468. The third kappa shape index (κ3) is 2.16. The molecule has 0 N–H and O–H groups in total. The van der Waals surface area contributed by atoms with Gasteiger partial charge in [-0.25, -0.2) is 0 Å². The van der Waals surface area contributed by atoms with Gasteiger partial charge in [-0.15, -0.1) is 0 Å². The molecule has 0 unspecified atom stereocenters. The average Bonchev–Trinajstić information content (AvgIpc) is 2.88. The van der Waals surface area contributed by atoms with Crippen LogP contribution < -0.4 is 0 Å². The van der Waals surface area contributed by atoms with Crippen LogP contribution in [0.4, 0.5) is 0 Å². The number of hydrogen-bond acceptors (Lipinski definition) is 6. The van der Waals surface area contributed by atoms with Crippen LogP contribution in [-0.2, 0) is 23.2 Å². The Balaban J connectivity index is 2.32. The number of fused-ring (bicyclic) bond motifs is 1. The van der Waals surface area contributed by atoms with Gasteiger partial charge < -0.3 is 9.05 Å². The van der Waals surface area contributed by atoms with E-state index in [4.69, 9.17) is 9.05 Å². The third-order valence-corrected chi connectivity index (χ3v) is 5.62. The standard InChI is InChI=1S/C11H17N2O5P/c1-4-17-19(16,18-5-2)9-8-7(6-12-9)10(14)13(3)11(8)15/h6-9H,4-5H2,1-3H3/t7-,8-,9+/m1/s1. The van der Waals surface area contributed by atoms with Crippen molar-refractivity contribution in [3.8, 4) is 0 Å². The number of nitrogens with zero attached hydrogens (tertiary/aromatic N) is 2. The Kier molecular flexibility index (Phi) is 3.90. The van der Waals surface area contributed by atoms with Crippen LogP contribution in [0, 0.1) is 11.8 Å². The molecule has 0 radical (unpaired) electrons. The van der Waals surface area contributed by atoms with E-state index in [-0.39, 0.29) is 25.0 Å². The Hall–Kier alpha value is -1.04. The van der Waals surface area contributed by atoms with E-state index in [1.807, 2.05) is 0 Å². The number of carbonyl (C=O) groups is 2. The predicted molar refractivity (Wildman–Crippen MR) is 67.9 cm³/mol. The van der Waals surface area contributed by atoms with Crippen LogP contribution in [0.25, 0.3) is 0 Å². The molecule has 3 atom stereocenters. The summed E-state index contributed by atoms with van der Waals surface area (Å²) in [6.45, 7) is 3.77. The van der Waals surface area contributed by atoms with Gasteiger partial charge in [-0.3, -0.25) is 24.0 Å². The molecule has 2 heterocycles. The van der Waals surface area contributed by atoms with E-state index in [9.17, 15) is 14.2 Å². The minimum absolute atomic E-state index is 0.193. The molecule has 0 saturated carbocycles. The normalized spacial score (nSPS) is 30.3. The van der Waals surface area contributed by atoms with Gasteiger partial charge in [0.15, 0.2) is 5.78 Å². The van der Waals surface area contributed by atoms with Crippen molar-refractivity contribution < 1.29 is 23.2 Å². The number of aliphatic imine (C=N–C) groups is 1. The fourth-order valence-electron chi connectivity index (χ4n) is 2.43. The van der Waals surface area contributed by atoms with Gasteiger partial charge in [0.1, 0.15) is 0 Å². The van der Waals surface area contributed by atoms with E-state index < -0.39 is 25.2 Å². The topological polar surface area (TPSA) is 85.3 Å². The SMILES string of the molecule is CCOP(=O)(OCC)[C@@H]1N=C[C@H]2C(=O)N(C)C(=O)[C@@H]12. The number of likely N-dealkylation sites (tertiary alicyclic amines) is 1. The largest absolute Gasteiger partial charge is 0.355 e. The molecule has 1 fully saturated rings. The maximum atomic E-state index is 12.7. The minimum atomic E-state index is -3.53. The van der Waals surface area contributed by atoms with Gasteiger partial charge in [0.25, 0.3) is 0 Å². The second kappa shape index (κ2) is 5.15. The first kappa shape index (κ1) is 14.4. The summed E-state index contributed by atoms with van der Waals surface area (Å²) < 4.78 is 23.1. The molecular formula is C11H17N2O5P. The molecule has 2 aliphatic heterocycles. The minimum Gasteiger partial charge on any atom is -0.307 e. The highest BCUT2D eigenvalue weighted by atomic mass is 31.2. The van der Waals surface area contributed by atoms with Crippen molar-refractivity contribution >= 4 is 25.6 Å². The molecule has 19 heavy (non-hydrogen) atoms. The molecule has 2 aliphatic rings. The van der Waals surface area contributed by atoms with Crippen molar-refractivity contribution in [2.75, 3.05) is 20.3 Å². The molecule has 8 heteroatoms. The van der Waals surface area contributed by atoms with E-state index in [1.54, 1.807) is 13.8 Å². The summed E-state index contributed by atoms with van der Waals surface area (Å²) in [4.78, 5) is 29.0. The molecular weight excluding hydrogens is 271 g/mol. The van der Waals surface area contributed by atoms with Crippen molar-refractivity contribution in [3.63, 3.8) is 0 Å². The maximum absolute atomic E-state index is 12.7. The highest BCUT2D eigenvalue weighted by Gasteiger charge is 2.58. The van der Waals surface area contributed by atoms with Crippen LogP contribution in [-0.4, -0.2) is 49.0 Å². The zero-order valence-corrected chi connectivity index (χ0v) is 12.0. The summed E-state index contributed by atoms with van der Waals surface area (Å²) >= 11 is 0. The summed E-state index contributed by atoms with van der Waals surface area (Å²) in [5, 5.41) is 0. The zero-order chi connectivity index (χ0) is 14.2. The van der Waals surface area contributed by atoms with Gasteiger partial charge in [0, 0.05) is 13.3 Å². The summed E-state index contributed by atoms with van der Waals surface area (Å²) in [5.74, 6) is -3.02. The van der Waals surface area contributed by atoms with Gasteiger partial charge in [0.2, 0.25) is 11.8 Å². The van der Waals surface area contributed by atoms with E-state index in [1.165, 1.54) is 13.3 Å². The molecule has 0 aromatic heterocycles. The fourth-order valence-corrected chi connectivity index (χ4v) is 4.48. The van der Waals surface area contributed by atoms with Gasteiger partial charge in [0.05, 0.1) is 25.0 Å². The van der Waals surface area contributed by atoms with Crippen LogP contribution >= 0.6 is 7.60 Å². The Morgan fingerprint density at radius 1 is 1.26 bits per heavy atom. The third-order valence-electron chi connectivity index (χ3n) is 3.28. The van der Waals surface area contributed by atoms with Crippen molar-refractivity contribution in [2.24, 2.45) is 16.8 Å². The van der Waals surface area contributed by atoms with Crippen LogP contribution in [0.3, 0.4) is 0 Å². The molecule has 0 spiro atoms. The highest BCUT2D eigenvalue weighted by molar-refractivity contribution is 7.54. The zero-order valence-electron chi connectivity index (χ0n) is 11.1. The number of rotatable bonds is 5. The second-order valence-electron chi connectivity index (χ2n) is 4.37. The van der Waals surface area contributed by atoms with E-state index >= 15 is 0 Å². The number of hydrogen-bond donors (Lipinski definition) is 0. The Morgan fingerprint density at radius 2 is 1.84 bits per heavy atom. The first-order chi connectivity index (χ1) is 8.96. The van der Waals surface area contributed by atoms with Crippen molar-refractivity contribution in [1.29, 1.82) is 0 Å². The van der Waals surface area contributed by atoms with Crippen molar-refractivity contribution in [1.82, 2.24) is 4.90 Å². The maximum Gasteiger partial charge on any atom is 0.355 e. The predicted octanol–water partition coefficient (Wildman–Crippen LogP) is 0.894. The van der Waals surface area contributed by atoms with Gasteiger partial charge in [-0.2, -0.15) is 0 Å². The van der Waals surface area contributed by atoms with Crippen LogP contribution in [0.5, 0.6) is 0 Å². The van der Waals surface area contributed by atoms with Crippen LogP contribution in [0.1, 0.15) is 13.8 Å². The fraction of sp³-hybridized carbons (Fsp3) is 0.727. The number of imide groups is 1. The van der Waals surface area contributed by atoms with E-state index in [0.29, 0.717) is 0 Å². The summed E-state index contributed by atoms with van der Waals surface area (Å²) in [6.07, 6.45) is 1.39.